The molecule has 4 heterocycles. The molecule has 0 unspecified atom stereocenters. The van der Waals surface area contributed by atoms with Crippen LogP contribution in [0.4, 0.5) is 11.8 Å². The van der Waals surface area contributed by atoms with E-state index in [0.29, 0.717) is 61.0 Å². The lowest BCUT2D eigenvalue weighted by Gasteiger charge is -2.15. The minimum atomic E-state index is -3.95. The fraction of sp³-hybridized carbons (Fsp3) is 0.333. The van der Waals surface area contributed by atoms with Gasteiger partial charge in [0.1, 0.15) is 18.4 Å². The quantitative estimate of drug-likeness (QED) is 0.194. The van der Waals surface area contributed by atoms with Crippen molar-refractivity contribution >= 4 is 33.0 Å². The standard InChI is InChI=1S/C24H28N10O4S/c1-2-18(13-35)29-24-30-22(26-12-17-7-4-3-5-8-17)21-23(31-24)33(16-27-21)10-6-9-19-11-20(32-38-19)39(36,37)34-15-25-14-28-34/h3-5,7-8,11,14-16,18,35H,2,6,9-10,12-13H2,1H3,(H2,26,29,30,31)/t18-/m1/s1. The highest BCUT2D eigenvalue weighted by Gasteiger charge is 2.23. The Morgan fingerprint density at radius 2 is 2.00 bits per heavy atom. The van der Waals surface area contributed by atoms with Crippen LogP contribution in [0.3, 0.4) is 0 Å². The van der Waals surface area contributed by atoms with E-state index < -0.39 is 10.0 Å². The van der Waals surface area contributed by atoms with Crippen LogP contribution in [-0.4, -0.2) is 65.0 Å². The van der Waals surface area contributed by atoms with Gasteiger partial charge < -0.3 is 24.8 Å². The second kappa shape index (κ2) is 11.6. The van der Waals surface area contributed by atoms with Gasteiger partial charge in [-0.3, -0.25) is 0 Å². The fourth-order valence-corrected chi connectivity index (χ4v) is 4.86. The predicted molar refractivity (Wildman–Crippen MR) is 141 cm³/mol. The minimum absolute atomic E-state index is 0.0459. The summed E-state index contributed by atoms with van der Waals surface area (Å²) in [5.41, 5.74) is 2.34. The number of rotatable bonds is 13. The summed E-state index contributed by atoms with van der Waals surface area (Å²) in [6, 6.07) is 11.2. The molecule has 1 atom stereocenters. The molecule has 0 spiro atoms. The van der Waals surface area contributed by atoms with Gasteiger partial charge in [0.2, 0.25) is 11.0 Å². The number of anilines is 2. The molecule has 204 valence electrons. The topological polar surface area (TPSA) is 179 Å². The molecule has 0 bridgehead atoms. The Morgan fingerprint density at radius 1 is 1.15 bits per heavy atom. The van der Waals surface area contributed by atoms with Crippen LogP contribution >= 0.6 is 0 Å². The summed E-state index contributed by atoms with van der Waals surface area (Å²) in [5, 5.41) is 23.3. The highest BCUT2D eigenvalue weighted by Crippen LogP contribution is 2.23. The van der Waals surface area contributed by atoms with Gasteiger partial charge in [-0.2, -0.15) is 18.4 Å². The predicted octanol–water partition coefficient (Wildman–Crippen LogP) is 2.07. The van der Waals surface area contributed by atoms with E-state index in [-0.39, 0.29) is 17.7 Å². The first-order chi connectivity index (χ1) is 19.0. The van der Waals surface area contributed by atoms with Crippen molar-refractivity contribution in [1.82, 2.24) is 38.8 Å². The largest absolute Gasteiger partial charge is 0.394 e. The van der Waals surface area contributed by atoms with Crippen LogP contribution in [0.25, 0.3) is 11.2 Å². The first-order valence-electron chi connectivity index (χ1n) is 12.4. The van der Waals surface area contributed by atoms with E-state index in [2.05, 4.69) is 40.8 Å². The summed E-state index contributed by atoms with van der Waals surface area (Å²) in [7, 11) is -3.95. The van der Waals surface area contributed by atoms with Crippen molar-refractivity contribution < 1.29 is 18.0 Å². The monoisotopic (exact) mass is 552 g/mol. The lowest BCUT2D eigenvalue weighted by atomic mass is 10.2. The fourth-order valence-electron chi connectivity index (χ4n) is 3.91. The first-order valence-corrected chi connectivity index (χ1v) is 13.9. The molecule has 0 amide bonds. The Bertz CT molecular complexity index is 1610. The smallest absolute Gasteiger partial charge is 0.305 e. The molecule has 5 rings (SSSR count). The van der Waals surface area contributed by atoms with Gasteiger partial charge in [0.05, 0.1) is 19.0 Å². The summed E-state index contributed by atoms with van der Waals surface area (Å²) >= 11 is 0. The molecule has 0 aliphatic heterocycles. The van der Waals surface area contributed by atoms with Crippen LogP contribution in [-0.2, 0) is 29.5 Å². The van der Waals surface area contributed by atoms with E-state index >= 15 is 0 Å². The van der Waals surface area contributed by atoms with Gasteiger partial charge in [0, 0.05) is 25.6 Å². The molecular weight excluding hydrogens is 524 g/mol. The Hall–Kier alpha value is -4.37. The number of aliphatic hydroxyl groups excluding tert-OH is 1. The number of fused-ring (bicyclic) bond motifs is 1. The first kappa shape index (κ1) is 26.2. The molecule has 0 radical (unpaired) electrons. The van der Waals surface area contributed by atoms with Crippen LogP contribution < -0.4 is 10.6 Å². The van der Waals surface area contributed by atoms with E-state index in [0.717, 1.165) is 22.3 Å². The van der Waals surface area contributed by atoms with Crippen LogP contribution in [0, 0.1) is 0 Å². The van der Waals surface area contributed by atoms with Gasteiger partial charge in [-0.1, -0.05) is 42.4 Å². The molecule has 15 heteroatoms. The molecule has 1 aromatic carbocycles. The molecule has 3 N–H and O–H groups in total. The lowest BCUT2D eigenvalue weighted by Crippen LogP contribution is -2.24. The van der Waals surface area contributed by atoms with Gasteiger partial charge in [0.25, 0.3) is 0 Å². The van der Waals surface area contributed by atoms with Crippen LogP contribution in [0.2, 0.25) is 0 Å². The number of nitrogens with one attached hydrogen (secondary N) is 2. The molecule has 0 aliphatic carbocycles. The molecule has 0 saturated carbocycles. The van der Waals surface area contributed by atoms with E-state index in [1.807, 2.05) is 41.8 Å². The number of aliphatic hydroxyl groups is 1. The molecule has 0 aliphatic rings. The Balaban J connectivity index is 1.32. The summed E-state index contributed by atoms with van der Waals surface area (Å²) in [5.74, 6) is 1.39. The zero-order chi connectivity index (χ0) is 27.2. The Kier molecular flexibility index (Phi) is 7.79. The maximum Gasteiger partial charge on any atom is 0.305 e. The van der Waals surface area contributed by atoms with Gasteiger partial charge in [-0.15, -0.1) is 9.19 Å². The Labute approximate surface area is 224 Å². The van der Waals surface area contributed by atoms with E-state index in [1.165, 1.54) is 6.07 Å². The van der Waals surface area contributed by atoms with Crippen LogP contribution in [0.1, 0.15) is 31.1 Å². The van der Waals surface area contributed by atoms with Crippen molar-refractivity contribution in [3.8, 4) is 0 Å². The van der Waals surface area contributed by atoms with Gasteiger partial charge in [-0.25, -0.2) is 9.97 Å². The average molecular weight is 553 g/mol. The third-order valence-corrected chi connectivity index (χ3v) is 7.48. The van der Waals surface area contributed by atoms with Crippen molar-refractivity contribution in [3.05, 3.63) is 66.7 Å². The summed E-state index contributed by atoms with van der Waals surface area (Å²) in [6.07, 6.45) is 5.67. The number of aromatic nitrogens is 8. The van der Waals surface area contributed by atoms with Crippen molar-refractivity contribution in [2.75, 3.05) is 17.2 Å². The highest BCUT2D eigenvalue weighted by atomic mass is 32.2. The molecule has 39 heavy (non-hydrogen) atoms. The lowest BCUT2D eigenvalue weighted by molar-refractivity contribution is 0.271. The second-order valence-electron chi connectivity index (χ2n) is 8.79. The second-order valence-corrected chi connectivity index (χ2v) is 10.5. The SMILES string of the molecule is CC[C@H](CO)Nc1nc(NCc2ccccc2)c2ncn(CCCc3cc(S(=O)(=O)n4cncn4)no3)c2n1. The number of hydrogen-bond donors (Lipinski definition) is 3. The summed E-state index contributed by atoms with van der Waals surface area (Å²) in [6.45, 7) is 3.02. The molecule has 14 nitrogen and oxygen atoms in total. The molecule has 0 fully saturated rings. The minimum Gasteiger partial charge on any atom is -0.394 e. The van der Waals surface area contributed by atoms with Crippen molar-refractivity contribution in [2.24, 2.45) is 0 Å². The van der Waals surface area contributed by atoms with Gasteiger partial charge in [-0.05, 0) is 18.4 Å². The highest BCUT2D eigenvalue weighted by molar-refractivity contribution is 7.89. The van der Waals surface area contributed by atoms with Gasteiger partial charge >= 0.3 is 10.0 Å². The zero-order valence-corrected chi connectivity index (χ0v) is 22.0. The number of aryl methyl sites for hydroxylation is 2. The number of benzene rings is 1. The summed E-state index contributed by atoms with van der Waals surface area (Å²) < 4.78 is 32.9. The number of hydrogen-bond acceptors (Lipinski definition) is 12. The van der Waals surface area contributed by atoms with Crippen LogP contribution in [0.5, 0.6) is 0 Å². The zero-order valence-electron chi connectivity index (χ0n) is 21.2. The summed E-state index contributed by atoms with van der Waals surface area (Å²) in [4.78, 5) is 17.5. The average Bonchev–Trinajstić information content (AvgIpc) is 3.73. The van der Waals surface area contributed by atoms with Crippen LogP contribution in [0.15, 0.2) is 64.9 Å². The maximum absolute atomic E-state index is 12.5. The number of nitrogens with zero attached hydrogens (tertiary/aromatic N) is 8. The van der Waals surface area contributed by atoms with Crippen molar-refractivity contribution in [1.29, 1.82) is 0 Å². The molecule has 0 saturated heterocycles. The van der Waals surface area contributed by atoms with E-state index in [9.17, 15) is 13.5 Å². The number of imidazole rings is 1. The van der Waals surface area contributed by atoms with Gasteiger partial charge in [0.15, 0.2) is 17.0 Å². The molecule has 5 aromatic rings. The van der Waals surface area contributed by atoms with Crippen molar-refractivity contribution in [3.63, 3.8) is 0 Å². The van der Waals surface area contributed by atoms with Crippen molar-refractivity contribution in [2.45, 2.75) is 50.3 Å². The molecule has 4 aromatic heterocycles. The van der Waals surface area contributed by atoms with E-state index in [4.69, 9.17) is 4.52 Å². The normalized spacial score (nSPS) is 12.6. The third-order valence-electron chi connectivity index (χ3n) is 6.08. The molecular formula is C24H28N10O4S. The third kappa shape index (κ3) is 5.88. The Morgan fingerprint density at radius 3 is 2.74 bits per heavy atom. The maximum atomic E-state index is 12.5. The van der Waals surface area contributed by atoms with E-state index in [1.54, 1.807) is 6.33 Å².